The summed E-state index contributed by atoms with van der Waals surface area (Å²) in [6.45, 7) is -3.72. The van der Waals surface area contributed by atoms with Crippen LogP contribution in [0.1, 0.15) is 51.8 Å². The normalized spacial score (nSPS) is 10.8. The number of hydrogen-bond donors (Lipinski definition) is 17. The minimum Gasteiger partial charge on any atom is -0.504 e. The van der Waals surface area contributed by atoms with Crippen LogP contribution in [-0.4, -0.2) is 173 Å². The van der Waals surface area contributed by atoms with Gasteiger partial charge in [-0.05, 0) is 60.7 Å². The number of benzene rings is 5. The Labute approximate surface area is 382 Å². The van der Waals surface area contributed by atoms with Gasteiger partial charge in [-0.2, -0.15) is 0 Å². The molecule has 0 heterocycles. The van der Waals surface area contributed by atoms with Crippen LogP contribution < -0.4 is 10.6 Å². The zero-order valence-corrected chi connectivity index (χ0v) is 35.0. The highest BCUT2D eigenvalue weighted by Gasteiger charge is 2.27. The van der Waals surface area contributed by atoms with E-state index in [0.717, 1.165) is 75.4 Å². The highest BCUT2D eigenvalue weighted by atomic mass is 16.4. The molecule has 0 unspecified atom stereocenters. The average Bonchev–Trinajstić information content (AvgIpc) is 3.29. The standard InChI is InChI=1S/C43H43N5O20/c49-24-9-19(10-25(50)34(24)59)39(64)44-1-3-46(41(66)21-13-28(53)36(61)29(54)14-21)5-7-48(43(68)23-17-32(57)38(63)33(58)18-23)8-6-47(42(67)22-15-30(55)37(62)31(56)16-22)4-2-45-40(65)20-11-26(51)35(60)27(52)12-20/h9-18,49-63H,1-8H2,(H,44,64)(H,45,65). The van der Waals surface area contributed by atoms with E-state index in [-0.39, 0.29) is 11.1 Å². The van der Waals surface area contributed by atoms with Crippen LogP contribution in [0, 0.1) is 0 Å². The van der Waals surface area contributed by atoms with Gasteiger partial charge in [-0.15, -0.1) is 0 Å². The molecular formula is C43H43N5O20. The van der Waals surface area contributed by atoms with Gasteiger partial charge in [-0.1, -0.05) is 0 Å². The third kappa shape index (κ3) is 11.2. The van der Waals surface area contributed by atoms with E-state index in [1.165, 1.54) is 0 Å². The molecule has 0 aliphatic carbocycles. The summed E-state index contributed by atoms with van der Waals surface area (Å²) in [4.78, 5) is 70.9. The summed E-state index contributed by atoms with van der Waals surface area (Å²) in [5.74, 6) is -18.4. The van der Waals surface area contributed by atoms with Crippen molar-refractivity contribution in [1.82, 2.24) is 25.3 Å². The lowest BCUT2D eigenvalue weighted by Gasteiger charge is -2.31. The van der Waals surface area contributed by atoms with Gasteiger partial charge in [-0.3, -0.25) is 24.0 Å². The Morgan fingerprint density at radius 1 is 0.294 bits per heavy atom. The summed E-state index contributed by atoms with van der Waals surface area (Å²) >= 11 is 0. The summed E-state index contributed by atoms with van der Waals surface area (Å²) in [5.41, 5.74) is -1.93. The van der Waals surface area contributed by atoms with E-state index in [2.05, 4.69) is 10.6 Å². The number of nitrogens with one attached hydrogen (secondary N) is 2. The predicted octanol–water partition coefficient (Wildman–Crippen LogP) is 0.858. The predicted molar refractivity (Wildman–Crippen MR) is 230 cm³/mol. The summed E-state index contributed by atoms with van der Waals surface area (Å²) in [6.07, 6.45) is 0. The lowest BCUT2D eigenvalue weighted by molar-refractivity contribution is 0.0616. The van der Waals surface area contributed by atoms with Crippen LogP contribution in [0.3, 0.4) is 0 Å². The van der Waals surface area contributed by atoms with Crippen molar-refractivity contribution in [3.05, 3.63) is 88.5 Å². The molecule has 360 valence electrons. The molecule has 0 spiro atoms. The minimum absolute atomic E-state index is 0.323. The topological polar surface area (TPSA) is 423 Å². The third-order valence-electron chi connectivity index (χ3n) is 10.1. The van der Waals surface area contributed by atoms with Gasteiger partial charge in [0.15, 0.2) is 86.2 Å². The van der Waals surface area contributed by atoms with E-state index in [0.29, 0.717) is 0 Å². The van der Waals surface area contributed by atoms with Gasteiger partial charge in [-0.25, -0.2) is 0 Å². The summed E-state index contributed by atoms with van der Waals surface area (Å²) in [7, 11) is 0. The van der Waals surface area contributed by atoms with Gasteiger partial charge < -0.3 is 102 Å². The van der Waals surface area contributed by atoms with E-state index >= 15 is 0 Å². The van der Waals surface area contributed by atoms with Crippen LogP contribution in [-0.2, 0) is 0 Å². The first-order chi connectivity index (χ1) is 32.0. The molecule has 0 bridgehead atoms. The molecule has 25 nitrogen and oxygen atoms in total. The first-order valence-electron chi connectivity index (χ1n) is 19.7. The maximum absolute atomic E-state index is 14.2. The quantitative estimate of drug-likeness (QED) is 0.0575. The molecule has 0 atom stereocenters. The van der Waals surface area contributed by atoms with Gasteiger partial charge >= 0.3 is 0 Å². The average molecular weight is 950 g/mol. The zero-order valence-electron chi connectivity index (χ0n) is 35.0. The molecule has 0 aliphatic heterocycles. The minimum atomic E-state index is -1.02. The van der Waals surface area contributed by atoms with E-state index in [4.69, 9.17) is 0 Å². The Kier molecular flexibility index (Phi) is 14.9. The fourth-order valence-corrected chi connectivity index (χ4v) is 6.44. The Balaban J connectivity index is 1.46. The van der Waals surface area contributed by atoms with Crippen molar-refractivity contribution in [2.24, 2.45) is 0 Å². The van der Waals surface area contributed by atoms with Crippen LogP contribution in [0.5, 0.6) is 86.2 Å². The third-order valence-corrected chi connectivity index (χ3v) is 10.1. The number of phenolic OH excluding ortho intramolecular Hbond substituents is 15. The zero-order chi connectivity index (χ0) is 50.3. The van der Waals surface area contributed by atoms with Crippen LogP contribution in [0.15, 0.2) is 60.7 Å². The smallest absolute Gasteiger partial charge is 0.254 e. The molecule has 0 aliphatic rings. The van der Waals surface area contributed by atoms with Crippen molar-refractivity contribution in [2.45, 2.75) is 0 Å². The molecule has 0 saturated carbocycles. The molecule has 0 saturated heterocycles. The lowest BCUT2D eigenvalue weighted by Crippen LogP contribution is -2.47. The largest absolute Gasteiger partial charge is 0.504 e. The second kappa shape index (κ2) is 20.5. The second-order valence-corrected chi connectivity index (χ2v) is 14.7. The number of hydrogen-bond acceptors (Lipinski definition) is 20. The van der Waals surface area contributed by atoms with Crippen molar-refractivity contribution in [1.29, 1.82) is 0 Å². The highest BCUT2D eigenvalue weighted by molar-refractivity contribution is 5.99. The monoisotopic (exact) mass is 949 g/mol. The molecule has 5 rings (SSSR count). The van der Waals surface area contributed by atoms with E-state index in [1.54, 1.807) is 0 Å². The van der Waals surface area contributed by atoms with Crippen LogP contribution in [0.4, 0.5) is 0 Å². The Morgan fingerprint density at radius 2 is 0.471 bits per heavy atom. The van der Waals surface area contributed by atoms with Gasteiger partial charge in [0.2, 0.25) is 0 Å². The van der Waals surface area contributed by atoms with Crippen molar-refractivity contribution < 1.29 is 101 Å². The summed E-state index contributed by atoms with van der Waals surface area (Å²) in [5, 5.41) is 155. The Hall–Kier alpha value is -9.55. The van der Waals surface area contributed by atoms with Crippen molar-refractivity contribution in [2.75, 3.05) is 52.4 Å². The molecule has 68 heavy (non-hydrogen) atoms. The number of aromatic hydroxyl groups is 15. The van der Waals surface area contributed by atoms with Gasteiger partial charge in [0.25, 0.3) is 29.5 Å². The Bertz CT molecular complexity index is 2530. The van der Waals surface area contributed by atoms with Crippen LogP contribution in [0.25, 0.3) is 0 Å². The highest BCUT2D eigenvalue weighted by Crippen LogP contribution is 2.39. The van der Waals surface area contributed by atoms with Crippen LogP contribution in [0.2, 0.25) is 0 Å². The number of carbonyl (C=O) groups is 5. The fourth-order valence-electron chi connectivity index (χ4n) is 6.44. The molecule has 25 heteroatoms. The lowest BCUT2D eigenvalue weighted by atomic mass is 10.1. The second-order valence-electron chi connectivity index (χ2n) is 14.7. The van der Waals surface area contributed by atoms with E-state index < -0.39 is 185 Å². The molecule has 0 fully saturated rings. The molecule has 5 amide bonds. The molecule has 5 aromatic carbocycles. The molecular weight excluding hydrogens is 906 g/mol. The maximum Gasteiger partial charge on any atom is 0.254 e. The number of amides is 5. The number of nitrogens with zero attached hydrogens (tertiary/aromatic N) is 3. The number of phenols is 15. The Morgan fingerprint density at radius 3 is 0.676 bits per heavy atom. The summed E-state index contributed by atoms with van der Waals surface area (Å²) in [6, 6.07) is 8.08. The van der Waals surface area contributed by atoms with E-state index in [1.807, 2.05) is 0 Å². The van der Waals surface area contributed by atoms with Crippen LogP contribution >= 0.6 is 0 Å². The molecule has 17 N–H and O–H groups in total. The van der Waals surface area contributed by atoms with Gasteiger partial charge in [0, 0.05) is 80.2 Å². The van der Waals surface area contributed by atoms with Crippen molar-refractivity contribution in [3.63, 3.8) is 0 Å². The van der Waals surface area contributed by atoms with Crippen molar-refractivity contribution in [3.8, 4) is 86.2 Å². The first-order valence-corrected chi connectivity index (χ1v) is 19.7. The van der Waals surface area contributed by atoms with Gasteiger partial charge in [0.05, 0.1) is 0 Å². The number of rotatable bonds is 17. The number of carbonyl (C=O) groups excluding carboxylic acids is 5. The van der Waals surface area contributed by atoms with Gasteiger partial charge in [0.1, 0.15) is 0 Å². The van der Waals surface area contributed by atoms with E-state index in [9.17, 15) is 101 Å². The SMILES string of the molecule is O=C(NCCN(CCN(CCN(CCNC(=O)c1cc(O)c(O)c(O)c1)C(=O)c1cc(O)c(O)c(O)c1)C(=O)c1cc(O)c(O)c(O)c1)C(=O)c1cc(O)c(O)c(O)c1)c1cc(O)c(O)c(O)c1. The summed E-state index contributed by atoms with van der Waals surface area (Å²) < 4.78 is 0. The molecule has 0 radical (unpaired) electrons. The molecule has 0 aromatic heterocycles. The maximum atomic E-state index is 14.2. The first kappa shape index (κ1) is 49.5. The molecule has 5 aromatic rings. The fraction of sp³-hybridized carbons (Fsp3) is 0.186. The van der Waals surface area contributed by atoms with Crippen molar-refractivity contribution >= 4 is 29.5 Å².